The molecule has 1 saturated heterocycles. The highest BCUT2D eigenvalue weighted by Crippen LogP contribution is 2.27. The number of aryl methyl sites for hydroxylation is 4. The van der Waals surface area contributed by atoms with Crippen molar-refractivity contribution in [3.63, 3.8) is 0 Å². The lowest BCUT2D eigenvalue weighted by atomic mass is 9.93. The van der Waals surface area contributed by atoms with Gasteiger partial charge in [-0.05, 0) is 63.6 Å². The molecule has 3 aromatic rings. The van der Waals surface area contributed by atoms with Gasteiger partial charge >= 0.3 is 0 Å². The van der Waals surface area contributed by atoms with Crippen molar-refractivity contribution in [2.24, 2.45) is 5.92 Å². The smallest absolute Gasteiger partial charge is 0.270 e. The van der Waals surface area contributed by atoms with Crippen LogP contribution in [0.2, 0.25) is 0 Å². The van der Waals surface area contributed by atoms with Crippen LogP contribution in [0, 0.1) is 26.7 Å². The zero-order valence-electron chi connectivity index (χ0n) is 16.5. The third kappa shape index (κ3) is 3.51. The van der Waals surface area contributed by atoms with Crippen LogP contribution < -0.4 is 0 Å². The van der Waals surface area contributed by atoms with E-state index in [-0.39, 0.29) is 5.91 Å². The number of carbonyl (C=O) groups excluding carboxylic acids is 1. The number of hydrogen-bond donors (Lipinski definition) is 1. The van der Waals surface area contributed by atoms with Gasteiger partial charge in [0.25, 0.3) is 5.91 Å². The molecule has 1 N–H and O–H groups in total. The number of benzene rings is 1. The van der Waals surface area contributed by atoms with E-state index in [0.717, 1.165) is 66.9 Å². The molecule has 0 atom stereocenters. The molecule has 27 heavy (non-hydrogen) atoms. The van der Waals surface area contributed by atoms with Crippen molar-refractivity contribution in [1.82, 2.24) is 19.4 Å². The molecule has 1 aliphatic heterocycles. The molecule has 4 rings (SSSR count). The van der Waals surface area contributed by atoms with Crippen LogP contribution in [-0.2, 0) is 6.54 Å². The molecule has 3 heterocycles. The van der Waals surface area contributed by atoms with E-state index in [4.69, 9.17) is 0 Å². The monoisotopic (exact) mass is 364 g/mol. The van der Waals surface area contributed by atoms with E-state index < -0.39 is 0 Å². The van der Waals surface area contributed by atoms with Crippen LogP contribution in [0.1, 0.15) is 46.7 Å². The van der Waals surface area contributed by atoms with Crippen molar-refractivity contribution in [2.75, 3.05) is 13.1 Å². The van der Waals surface area contributed by atoms with Gasteiger partial charge in [0, 0.05) is 42.9 Å². The van der Waals surface area contributed by atoms with Gasteiger partial charge in [0.1, 0.15) is 11.5 Å². The third-order valence-electron chi connectivity index (χ3n) is 6.03. The molecule has 2 aromatic heterocycles. The van der Waals surface area contributed by atoms with Gasteiger partial charge in [-0.1, -0.05) is 11.6 Å². The van der Waals surface area contributed by atoms with Crippen molar-refractivity contribution < 1.29 is 4.79 Å². The minimum atomic E-state index is 0.144. The topological polar surface area (TPSA) is 53.9 Å². The molecule has 1 aliphatic rings. The fourth-order valence-corrected chi connectivity index (χ4v) is 4.20. The lowest BCUT2D eigenvalue weighted by Crippen LogP contribution is -2.39. The number of aromatic amines is 1. The number of likely N-dealkylation sites (tertiary alicyclic amines) is 1. The fraction of sp³-hybridized carbons (Fsp3) is 0.455. The molecule has 142 valence electrons. The average molecular weight is 364 g/mol. The number of nitrogens with zero attached hydrogens (tertiary/aromatic N) is 3. The number of nitrogens with one attached hydrogen (secondary N) is 1. The second-order valence-electron chi connectivity index (χ2n) is 7.87. The third-order valence-corrected chi connectivity index (χ3v) is 6.03. The van der Waals surface area contributed by atoms with Crippen LogP contribution in [0.25, 0.3) is 10.9 Å². The van der Waals surface area contributed by atoms with E-state index >= 15 is 0 Å². The first-order valence-corrected chi connectivity index (χ1v) is 9.89. The number of fused-ring (bicyclic) bond motifs is 1. The number of carbonyl (C=O) groups is 1. The Kier molecular flexibility index (Phi) is 4.77. The maximum absolute atomic E-state index is 13.1. The first-order valence-electron chi connectivity index (χ1n) is 9.89. The van der Waals surface area contributed by atoms with Gasteiger partial charge < -0.3 is 14.5 Å². The van der Waals surface area contributed by atoms with Crippen LogP contribution in [-0.4, -0.2) is 38.4 Å². The highest BCUT2D eigenvalue weighted by Gasteiger charge is 2.26. The van der Waals surface area contributed by atoms with E-state index in [0.29, 0.717) is 5.92 Å². The molecule has 0 unspecified atom stereocenters. The van der Waals surface area contributed by atoms with Crippen LogP contribution in [0.15, 0.2) is 30.6 Å². The maximum atomic E-state index is 13.1. The van der Waals surface area contributed by atoms with Crippen LogP contribution in [0.4, 0.5) is 0 Å². The summed E-state index contributed by atoms with van der Waals surface area (Å²) in [4.78, 5) is 22.7. The van der Waals surface area contributed by atoms with E-state index in [1.165, 1.54) is 5.56 Å². The van der Waals surface area contributed by atoms with Gasteiger partial charge in [-0.15, -0.1) is 0 Å². The van der Waals surface area contributed by atoms with Crippen molar-refractivity contribution in [1.29, 1.82) is 0 Å². The Morgan fingerprint density at radius 3 is 2.70 bits per heavy atom. The summed E-state index contributed by atoms with van der Waals surface area (Å²) >= 11 is 0. The molecule has 0 bridgehead atoms. The van der Waals surface area contributed by atoms with E-state index in [9.17, 15) is 4.79 Å². The summed E-state index contributed by atoms with van der Waals surface area (Å²) in [6, 6.07) is 6.31. The molecule has 1 aromatic carbocycles. The molecule has 5 heteroatoms. The SMILES string of the molecule is Cc1ccc2[nH]c(C(=O)N3CCC(CCn4ccnc4C)CC3)c(C)c2c1. The molecule has 0 aliphatic carbocycles. The molecule has 1 amide bonds. The van der Waals surface area contributed by atoms with E-state index in [1.807, 2.05) is 31.1 Å². The van der Waals surface area contributed by atoms with E-state index in [2.05, 4.69) is 39.7 Å². The zero-order chi connectivity index (χ0) is 19.0. The number of piperidine rings is 1. The second-order valence-corrected chi connectivity index (χ2v) is 7.87. The number of amides is 1. The summed E-state index contributed by atoms with van der Waals surface area (Å²) in [5.74, 6) is 1.90. The first-order chi connectivity index (χ1) is 13.0. The Balaban J connectivity index is 1.39. The van der Waals surface area contributed by atoms with Gasteiger partial charge in [0.2, 0.25) is 0 Å². The minimum Gasteiger partial charge on any atom is -0.350 e. The first kappa shape index (κ1) is 17.8. The second kappa shape index (κ2) is 7.22. The predicted octanol–water partition coefficient (Wildman–Crippen LogP) is 4.23. The number of rotatable bonds is 4. The lowest BCUT2D eigenvalue weighted by Gasteiger charge is -2.32. The molecule has 0 spiro atoms. The summed E-state index contributed by atoms with van der Waals surface area (Å²) in [5, 5.41) is 1.16. The van der Waals surface area contributed by atoms with Crippen LogP contribution >= 0.6 is 0 Å². The summed E-state index contributed by atoms with van der Waals surface area (Å²) in [7, 11) is 0. The standard InChI is InChI=1S/C22H28N4O/c1-15-4-5-20-19(14-15)16(2)21(24-20)22(27)26-11-7-18(8-12-26)6-10-25-13-9-23-17(25)3/h4-5,9,13-14,18,24H,6-8,10-12H2,1-3H3. The largest absolute Gasteiger partial charge is 0.350 e. The summed E-state index contributed by atoms with van der Waals surface area (Å²) < 4.78 is 2.22. The molecule has 1 fully saturated rings. The molecule has 0 radical (unpaired) electrons. The Hall–Kier alpha value is -2.56. The Morgan fingerprint density at radius 1 is 1.22 bits per heavy atom. The minimum absolute atomic E-state index is 0.144. The molecular weight excluding hydrogens is 336 g/mol. The number of hydrogen-bond acceptors (Lipinski definition) is 2. The number of aromatic nitrogens is 3. The Bertz CT molecular complexity index is 960. The molecule has 5 nitrogen and oxygen atoms in total. The Labute approximate surface area is 160 Å². The van der Waals surface area contributed by atoms with Gasteiger partial charge in [-0.25, -0.2) is 4.98 Å². The lowest BCUT2D eigenvalue weighted by molar-refractivity contribution is 0.0679. The van der Waals surface area contributed by atoms with Crippen LogP contribution in [0.3, 0.4) is 0 Å². The zero-order valence-corrected chi connectivity index (χ0v) is 16.5. The number of imidazole rings is 1. The van der Waals surface area contributed by atoms with Crippen LogP contribution in [0.5, 0.6) is 0 Å². The number of H-pyrrole nitrogens is 1. The fourth-order valence-electron chi connectivity index (χ4n) is 4.20. The maximum Gasteiger partial charge on any atom is 0.270 e. The van der Waals surface area contributed by atoms with Gasteiger partial charge in [-0.3, -0.25) is 4.79 Å². The Morgan fingerprint density at radius 2 is 2.00 bits per heavy atom. The molecule has 0 saturated carbocycles. The van der Waals surface area contributed by atoms with Gasteiger partial charge in [0.05, 0.1) is 0 Å². The average Bonchev–Trinajstić information content (AvgIpc) is 3.23. The quantitative estimate of drug-likeness (QED) is 0.753. The predicted molar refractivity (Wildman–Crippen MR) is 108 cm³/mol. The highest BCUT2D eigenvalue weighted by molar-refractivity contribution is 6.01. The van der Waals surface area contributed by atoms with Crippen molar-refractivity contribution >= 4 is 16.8 Å². The van der Waals surface area contributed by atoms with Crippen molar-refractivity contribution in [3.05, 3.63) is 53.2 Å². The van der Waals surface area contributed by atoms with Crippen molar-refractivity contribution in [2.45, 2.75) is 46.6 Å². The summed E-state index contributed by atoms with van der Waals surface area (Å²) in [6.45, 7) is 8.89. The summed E-state index contributed by atoms with van der Waals surface area (Å²) in [6.07, 6.45) is 7.23. The van der Waals surface area contributed by atoms with Crippen molar-refractivity contribution in [3.8, 4) is 0 Å². The normalized spacial score (nSPS) is 15.6. The van der Waals surface area contributed by atoms with E-state index in [1.54, 1.807) is 0 Å². The summed E-state index contributed by atoms with van der Waals surface area (Å²) in [5.41, 5.74) is 4.09. The molecular formula is C22H28N4O. The highest BCUT2D eigenvalue weighted by atomic mass is 16.2. The van der Waals surface area contributed by atoms with Gasteiger partial charge in [-0.2, -0.15) is 0 Å². The van der Waals surface area contributed by atoms with Gasteiger partial charge in [0.15, 0.2) is 0 Å².